The molecule has 118 valence electrons. The summed E-state index contributed by atoms with van der Waals surface area (Å²) in [6.07, 6.45) is 4.66. The molecule has 3 atom stereocenters. The predicted molar refractivity (Wildman–Crippen MR) is 84.7 cm³/mol. The number of rotatable bonds is 6. The molecule has 1 aliphatic rings. The van der Waals surface area contributed by atoms with Gasteiger partial charge in [0.2, 0.25) is 11.9 Å². The molecule has 0 saturated heterocycles. The predicted octanol–water partition coefficient (Wildman–Crippen LogP) is 2.94. The van der Waals surface area contributed by atoms with E-state index in [1.807, 2.05) is 0 Å². The van der Waals surface area contributed by atoms with Gasteiger partial charge in [0.05, 0.1) is 6.61 Å². The van der Waals surface area contributed by atoms with E-state index in [-0.39, 0.29) is 0 Å². The summed E-state index contributed by atoms with van der Waals surface area (Å²) in [5.74, 6) is 2.49. The molecular weight excluding hydrogens is 266 g/mol. The van der Waals surface area contributed by atoms with E-state index in [1.54, 1.807) is 7.05 Å². The third-order valence-corrected chi connectivity index (χ3v) is 4.30. The minimum Gasteiger partial charge on any atom is -0.463 e. The molecule has 1 saturated carbocycles. The van der Waals surface area contributed by atoms with E-state index in [0.29, 0.717) is 36.5 Å². The molecule has 21 heavy (non-hydrogen) atoms. The molecule has 2 N–H and O–H groups in total. The van der Waals surface area contributed by atoms with Gasteiger partial charge in [-0.3, -0.25) is 0 Å². The highest BCUT2D eigenvalue weighted by Crippen LogP contribution is 2.31. The number of ether oxygens (including phenoxy) is 1. The quantitative estimate of drug-likeness (QED) is 0.840. The first kappa shape index (κ1) is 15.8. The monoisotopic (exact) mass is 293 g/mol. The average Bonchev–Trinajstić information content (AvgIpc) is 2.49. The van der Waals surface area contributed by atoms with Gasteiger partial charge in [0.15, 0.2) is 0 Å². The molecular formula is C15H27N5O. The molecule has 0 aromatic carbocycles. The molecule has 0 spiro atoms. The van der Waals surface area contributed by atoms with Crippen molar-refractivity contribution in [2.45, 2.75) is 52.5 Å². The van der Waals surface area contributed by atoms with Crippen LogP contribution in [0.5, 0.6) is 6.01 Å². The van der Waals surface area contributed by atoms with E-state index in [9.17, 15) is 0 Å². The van der Waals surface area contributed by atoms with Crippen molar-refractivity contribution in [3.63, 3.8) is 0 Å². The molecule has 6 heteroatoms. The minimum absolute atomic E-state index is 0.384. The number of anilines is 2. The van der Waals surface area contributed by atoms with Crippen molar-refractivity contribution in [3.05, 3.63) is 0 Å². The number of hydrogen-bond acceptors (Lipinski definition) is 6. The van der Waals surface area contributed by atoms with Crippen molar-refractivity contribution < 1.29 is 4.74 Å². The van der Waals surface area contributed by atoms with Gasteiger partial charge in [0.25, 0.3) is 0 Å². The third kappa shape index (κ3) is 4.19. The van der Waals surface area contributed by atoms with E-state index in [4.69, 9.17) is 4.74 Å². The number of nitrogens with zero attached hydrogens (tertiary/aromatic N) is 3. The molecule has 0 aliphatic heterocycles. The highest BCUT2D eigenvalue weighted by atomic mass is 16.5. The Kier molecular flexibility index (Phi) is 5.59. The molecule has 2 rings (SSSR count). The van der Waals surface area contributed by atoms with Gasteiger partial charge < -0.3 is 15.4 Å². The van der Waals surface area contributed by atoms with Gasteiger partial charge in [0, 0.05) is 13.1 Å². The van der Waals surface area contributed by atoms with Gasteiger partial charge in [-0.25, -0.2) is 0 Å². The maximum absolute atomic E-state index is 5.53. The third-order valence-electron chi connectivity index (χ3n) is 4.30. The van der Waals surface area contributed by atoms with E-state index < -0.39 is 0 Å². The van der Waals surface area contributed by atoms with Crippen LogP contribution in [0.1, 0.15) is 46.5 Å². The van der Waals surface area contributed by atoms with Crippen LogP contribution >= 0.6 is 0 Å². The first-order chi connectivity index (χ1) is 10.1. The summed E-state index contributed by atoms with van der Waals surface area (Å²) in [6.45, 7) is 7.30. The van der Waals surface area contributed by atoms with E-state index in [2.05, 4.69) is 46.4 Å². The fourth-order valence-electron chi connectivity index (χ4n) is 2.74. The SMILES string of the molecule is CCCOc1nc(NC)nc(NC2CCCC(C)C2C)n1. The second-order valence-corrected chi connectivity index (χ2v) is 5.88. The van der Waals surface area contributed by atoms with Gasteiger partial charge >= 0.3 is 6.01 Å². The second kappa shape index (κ2) is 7.43. The molecule has 1 aromatic rings. The van der Waals surface area contributed by atoms with Gasteiger partial charge in [-0.2, -0.15) is 15.0 Å². The van der Waals surface area contributed by atoms with Crippen LogP contribution in [0.25, 0.3) is 0 Å². The van der Waals surface area contributed by atoms with Crippen molar-refractivity contribution in [2.24, 2.45) is 11.8 Å². The Morgan fingerprint density at radius 1 is 1.14 bits per heavy atom. The maximum Gasteiger partial charge on any atom is 0.323 e. The van der Waals surface area contributed by atoms with Gasteiger partial charge in [-0.05, 0) is 24.7 Å². The van der Waals surface area contributed by atoms with Crippen LogP contribution in [0.4, 0.5) is 11.9 Å². The second-order valence-electron chi connectivity index (χ2n) is 5.88. The summed E-state index contributed by atoms with van der Waals surface area (Å²) in [7, 11) is 1.80. The lowest BCUT2D eigenvalue weighted by atomic mass is 9.78. The van der Waals surface area contributed by atoms with Crippen molar-refractivity contribution in [1.82, 2.24) is 15.0 Å². The van der Waals surface area contributed by atoms with Crippen molar-refractivity contribution in [2.75, 3.05) is 24.3 Å². The zero-order valence-corrected chi connectivity index (χ0v) is 13.5. The van der Waals surface area contributed by atoms with Crippen molar-refractivity contribution in [3.8, 4) is 6.01 Å². The molecule has 1 heterocycles. The molecule has 0 amide bonds. The lowest BCUT2D eigenvalue weighted by Crippen LogP contribution is -2.35. The largest absolute Gasteiger partial charge is 0.463 e. The number of hydrogen-bond donors (Lipinski definition) is 2. The Hall–Kier alpha value is -1.59. The van der Waals surface area contributed by atoms with E-state index in [1.165, 1.54) is 12.8 Å². The van der Waals surface area contributed by atoms with Gasteiger partial charge in [-0.15, -0.1) is 0 Å². The van der Waals surface area contributed by atoms with E-state index >= 15 is 0 Å². The summed E-state index contributed by atoms with van der Waals surface area (Å²) in [5.41, 5.74) is 0. The number of nitrogens with one attached hydrogen (secondary N) is 2. The molecule has 3 unspecified atom stereocenters. The molecule has 1 fully saturated rings. The number of aromatic nitrogens is 3. The van der Waals surface area contributed by atoms with Crippen LogP contribution in [0, 0.1) is 11.8 Å². The molecule has 6 nitrogen and oxygen atoms in total. The average molecular weight is 293 g/mol. The highest BCUT2D eigenvalue weighted by Gasteiger charge is 2.27. The van der Waals surface area contributed by atoms with Crippen LogP contribution in [-0.2, 0) is 0 Å². The lowest BCUT2D eigenvalue weighted by molar-refractivity contribution is 0.252. The fourth-order valence-corrected chi connectivity index (χ4v) is 2.74. The summed E-state index contributed by atoms with van der Waals surface area (Å²) in [5, 5.41) is 6.43. The molecule has 1 aromatic heterocycles. The first-order valence-electron chi connectivity index (χ1n) is 7.97. The smallest absolute Gasteiger partial charge is 0.323 e. The Labute approximate surface area is 127 Å². The zero-order chi connectivity index (χ0) is 15.2. The van der Waals surface area contributed by atoms with Crippen LogP contribution in [-0.4, -0.2) is 34.6 Å². The van der Waals surface area contributed by atoms with Crippen molar-refractivity contribution in [1.29, 1.82) is 0 Å². The zero-order valence-electron chi connectivity index (χ0n) is 13.5. The van der Waals surface area contributed by atoms with Crippen LogP contribution in [0.15, 0.2) is 0 Å². The van der Waals surface area contributed by atoms with Gasteiger partial charge in [-0.1, -0.05) is 33.6 Å². The van der Waals surface area contributed by atoms with E-state index in [0.717, 1.165) is 18.8 Å². The Bertz CT molecular complexity index is 454. The Morgan fingerprint density at radius 3 is 2.62 bits per heavy atom. The molecule has 0 radical (unpaired) electrons. The lowest BCUT2D eigenvalue weighted by Gasteiger charge is -2.34. The topological polar surface area (TPSA) is 72.0 Å². The Morgan fingerprint density at radius 2 is 1.90 bits per heavy atom. The molecule has 1 aliphatic carbocycles. The summed E-state index contributed by atoms with van der Waals surface area (Å²) in [6, 6.07) is 0.801. The normalized spacial score (nSPS) is 25.4. The summed E-state index contributed by atoms with van der Waals surface area (Å²) >= 11 is 0. The standard InChI is InChI=1S/C15H27N5O/c1-5-9-21-15-19-13(16-4)18-14(20-15)17-12-8-6-7-10(2)11(12)3/h10-12H,5-9H2,1-4H3,(H2,16,17,18,19,20). The molecule has 0 bridgehead atoms. The fraction of sp³-hybridized carbons (Fsp3) is 0.800. The first-order valence-corrected chi connectivity index (χ1v) is 7.97. The Balaban J connectivity index is 2.10. The highest BCUT2D eigenvalue weighted by molar-refractivity contribution is 5.36. The van der Waals surface area contributed by atoms with Gasteiger partial charge in [0.1, 0.15) is 0 Å². The minimum atomic E-state index is 0.384. The van der Waals surface area contributed by atoms with Crippen LogP contribution in [0.3, 0.4) is 0 Å². The summed E-state index contributed by atoms with van der Waals surface area (Å²) < 4.78 is 5.53. The summed E-state index contributed by atoms with van der Waals surface area (Å²) in [4.78, 5) is 13.0. The van der Waals surface area contributed by atoms with Crippen molar-refractivity contribution >= 4 is 11.9 Å². The van der Waals surface area contributed by atoms with Crippen LogP contribution < -0.4 is 15.4 Å². The van der Waals surface area contributed by atoms with Crippen LogP contribution in [0.2, 0.25) is 0 Å². The maximum atomic E-state index is 5.53.